The molecule has 2 aromatic carbocycles. The molecule has 0 radical (unpaired) electrons. The topological polar surface area (TPSA) is 68.7 Å². The molecular weight excluding hydrogens is 428 g/mol. The van der Waals surface area contributed by atoms with Gasteiger partial charge in [0.1, 0.15) is 5.69 Å². The first-order valence-corrected chi connectivity index (χ1v) is 11.9. The smallest absolute Gasteiger partial charge is 0.203 e. The minimum atomic E-state index is 0.573. The van der Waals surface area contributed by atoms with Crippen molar-refractivity contribution in [2.75, 3.05) is 52.8 Å². The molecule has 0 amide bonds. The van der Waals surface area contributed by atoms with Crippen LogP contribution < -0.4 is 19.5 Å². The molecule has 0 bridgehead atoms. The highest BCUT2D eigenvalue weighted by Gasteiger charge is 2.13. The maximum Gasteiger partial charge on any atom is 0.203 e. The molecule has 1 aliphatic rings. The van der Waals surface area contributed by atoms with Crippen LogP contribution in [0, 0.1) is 0 Å². The van der Waals surface area contributed by atoms with E-state index in [0.717, 1.165) is 47.6 Å². The molecule has 1 saturated heterocycles. The lowest BCUT2D eigenvalue weighted by molar-refractivity contribution is 0.228. The number of likely N-dealkylation sites (tertiary alicyclic amines) is 1. The standard InChI is InChI=1S/C27H34N4O3/c1-32-24-18-20(19-25(33-2)26(24)34-3)12-13-23-27(30-22-11-6-5-10-21(22)29-23)28-14-9-17-31-15-7-4-8-16-31/h5-6,10-13,18-19H,4,7-9,14-17H2,1-3H3,(H,28,30)/b13-12+. The van der Waals surface area contributed by atoms with Gasteiger partial charge < -0.3 is 24.4 Å². The van der Waals surface area contributed by atoms with E-state index in [1.54, 1.807) is 21.3 Å². The van der Waals surface area contributed by atoms with Crippen molar-refractivity contribution in [1.29, 1.82) is 0 Å². The number of nitrogens with one attached hydrogen (secondary N) is 1. The van der Waals surface area contributed by atoms with Crippen molar-refractivity contribution in [3.63, 3.8) is 0 Å². The van der Waals surface area contributed by atoms with Crippen LogP contribution in [0.3, 0.4) is 0 Å². The van der Waals surface area contributed by atoms with Crippen molar-refractivity contribution < 1.29 is 14.2 Å². The third-order valence-electron chi connectivity index (χ3n) is 6.11. The normalized spacial score (nSPS) is 14.4. The van der Waals surface area contributed by atoms with Crippen molar-refractivity contribution in [2.24, 2.45) is 0 Å². The monoisotopic (exact) mass is 462 g/mol. The van der Waals surface area contributed by atoms with E-state index in [1.165, 1.54) is 32.4 Å². The molecule has 0 spiro atoms. The fourth-order valence-corrected chi connectivity index (χ4v) is 4.33. The van der Waals surface area contributed by atoms with Crippen LogP contribution in [0.5, 0.6) is 17.2 Å². The average molecular weight is 463 g/mol. The second kappa shape index (κ2) is 11.7. The number of methoxy groups -OCH3 is 3. The summed E-state index contributed by atoms with van der Waals surface area (Å²) in [4.78, 5) is 12.3. The fourth-order valence-electron chi connectivity index (χ4n) is 4.33. The lowest BCUT2D eigenvalue weighted by Gasteiger charge is -2.26. The Morgan fingerprint density at radius 3 is 2.21 bits per heavy atom. The average Bonchev–Trinajstić information content (AvgIpc) is 2.89. The lowest BCUT2D eigenvalue weighted by atomic mass is 10.1. The summed E-state index contributed by atoms with van der Waals surface area (Å²) in [6, 6.07) is 11.8. The van der Waals surface area contributed by atoms with Gasteiger partial charge in [-0.25, -0.2) is 9.97 Å². The first-order valence-electron chi connectivity index (χ1n) is 11.9. The largest absolute Gasteiger partial charge is 0.493 e. The molecule has 7 nitrogen and oxygen atoms in total. The highest BCUT2D eigenvalue weighted by Crippen LogP contribution is 2.38. The van der Waals surface area contributed by atoms with Gasteiger partial charge in [0.2, 0.25) is 5.75 Å². The molecule has 180 valence electrons. The molecule has 1 fully saturated rings. The molecule has 3 aromatic rings. The van der Waals surface area contributed by atoms with E-state index >= 15 is 0 Å². The first-order chi connectivity index (χ1) is 16.7. The Morgan fingerprint density at radius 2 is 1.56 bits per heavy atom. The van der Waals surface area contributed by atoms with Crippen LogP contribution in [0.15, 0.2) is 36.4 Å². The Hall–Kier alpha value is -3.32. The Balaban J connectivity index is 1.55. The van der Waals surface area contributed by atoms with Crippen LogP contribution in [-0.4, -0.2) is 62.4 Å². The number of hydrogen-bond acceptors (Lipinski definition) is 7. The Kier molecular flexibility index (Phi) is 8.20. The second-order valence-corrected chi connectivity index (χ2v) is 8.42. The minimum Gasteiger partial charge on any atom is -0.493 e. The van der Waals surface area contributed by atoms with Gasteiger partial charge in [-0.3, -0.25) is 0 Å². The molecule has 7 heteroatoms. The number of anilines is 1. The number of piperidine rings is 1. The maximum atomic E-state index is 5.49. The van der Waals surface area contributed by atoms with Crippen molar-refractivity contribution in [3.05, 3.63) is 47.7 Å². The number of rotatable bonds is 10. The predicted molar refractivity (Wildman–Crippen MR) is 138 cm³/mol. The van der Waals surface area contributed by atoms with Crippen molar-refractivity contribution >= 4 is 29.0 Å². The number of hydrogen-bond donors (Lipinski definition) is 1. The van der Waals surface area contributed by atoms with E-state index in [1.807, 2.05) is 48.6 Å². The molecule has 0 saturated carbocycles. The summed E-state index contributed by atoms with van der Waals surface area (Å²) in [7, 11) is 4.83. The van der Waals surface area contributed by atoms with Crippen LogP contribution >= 0.6 is 0 Å². The summed E-state index contributed by atoms with van der Waals surface area (Å²) in [6.07, 6.45) is 9.04. The fraction of sp³-hybridized carbons (Fsp3) is 0.407. The van der Waals surface area contributed by atoms with Gasteiger partial charge in [0.25, 0.3) is 0 Å². The predicted octanol–water partition coefficient (Wildman–Crippen LogP) is 5.11. The van der Waals surface area contributed by atoms with Gasteiger partial charge in [-0.1, -0.05) is 24.6 Å². The third-order valence-corrected chi connectivity index (χ3v) is 6.11. The molecular formula is C27H34N4O3. The SMILES string of the molecule is COc1cc(/C=C/c2nc3ccccc3nc2NCCCN2CCCCC2)cc(OC)c1OC. The Bertz CT molecular complexity index is 1100. The highest BCUT2D eigenvalue weighted by atomic mass is 16.5. The van der Waals surface area contributed by atoms with Crippen LogP contribution in [0.1, 0.15) is 36.9 Å². The highest BCUT2D eigenvalue weighted by molar-refractivity contribution is 5.82. The first kappa shape index (κ1) is 23.8. The summed E-state index contributed by atoms with van der Waals surface area (Å²) in [5, 5.41) is 3.52. The molecule has 34 heavy (non-hydrogen) atoms. The van der Waals surface area contributed by atoms with E-state index in [2.05, 4.69) is 10.2 Å². The molecule has 1 aliphatic heterocycles. The summed E-state index contributed by atoms with van der Waals surface area (Å²) < 4.78 is 16.4. The summed E-state index contributed by atoms with van der Waals surface area (Å²) in [5.41, 5.74) is 3.46. The van der Waals surface area contributed by atoms with Crippen molar-refractivity contribution in [3.8, 4) is 17.2 Å². The molecule has 0 unspecified atom stereocenters. The number of benzene rings is 2. The Morgan fingerprint density at radius 1 is 0.882 bits per heavy atom. The maximum absolute atomic E-state index is 5.49. The second-order valence-electron chi connectivity index (χ2n) is 8.42. The number of para-hydroxylation sites is 2. The van der Waals surface area contributed by atoms with Crippen LogP contribution in [0.2, 0.25) is 0 Å². The van der Waals surface area contributed by atoms with Gasteiger partial charge in [0, 0.05) is 6.54 Å². The molecule has 1 N–H and O–H groups in total. The summed E-state index contributed by atoms with van der Waals surface area (Å²) in [5.74, 6) is 2.59. The van der Waals surface area contributed by atoms with Crippen LogP contribution in [-0.2, 0) is 0 Å². The summed E-state index contributed by atoms with van der Waals surface area (Å²) in [6.45, 7) is 4.41. The molecule has 4 rings (SSSR count). The molecule has 0 aliphatic carbocycles. The minimum absolute atomic E-state index is 0.573. The van der Waals surface area contributed by atoms with E-state index in [9.17, 15) is 0 Å². The zero-order chi connectivity index (χ0) is 23.8. The van der Waals surface area contributed by atoms with Gasteiger partial charge >= 0.3 is 0 Å². The zero-order valence-electron chi connectivity index (χ0n) is 20.3. The van der Waals surface area contributed by atoms with Crippen molar-refractivity contribution in [2.45, 2.75) is 25.7 Å². The van der Waals surface area contributed by atoms with Crippen LogP contribution in [0.4, 0.5) is 5.82 Å². The lowest BCUT2D eigenvalue weighted by Crippen LogP contribution is -2.31. The molecule has 1 aromatic heterocycles. The van der Waals surface area contributed by atoms with Crippen molar-refractivity contribution in [1.82, 2.24) is 14.9 Å². The van der Waals surface area contributed by atoms with Gasteiger partial charge in [-0.2, -0.15) is 0 Å². The number of nitrogens with zero attached hydrogens (tertiary/aromatic N) is 3. The number of aromatic nitrogens is 2. The van der Waals surface area contributed by atoms with Gasteiger partial charge in [-0.05, 0) is 74.8 Å². The third kappa shape index (κ3) is 5.78. The van der Waals surface area contributed by atoms with Gasteiger partial charge in [0.05, 0.1) is 32.4 Å². The molecule has 2 heterocycles. The van der Waals surface area contributed by atoms with E-state index in [0.29, 0.717) is 17.2 Å². The number of ether oxygens (including phenoxy) is 3. The van der Waals surface area contributed by atoms with E-state index in [-0.39, 0.29) is 0 Å². The van der Waals surface area contributed by atoms with E-state index < -0.39 is 0 Å². The van der Waals surface area contributed by atoms with Crippen LogP contribution in [0.25, 0.3) is 23.2 Å². The van der Waals surface area contributed by atoms with Gasteiger partial charge in [0.15, 0.2) is 17.3 Å². The zero-order valence-corrected chi connectivity index (χ0v) is 20.3. The number of fused-ring (bicyclic) bond motifs is 1. The quantitative estimate of drug-likeness (QED) is 0.420. The van der Waals surface area contributed by atoms with Gasteiger partial charge in [-0.15, -0.1) is 0 Å². The van der Waals surface area contributed by atoms with E-state index in [4.69, 9.17) is 24.2 Å². The summed E-state index contributed by atoms with van der Waals surface area (Å²) >= 11 is 0. The Labute approximate surface area is 201 Å². The molecule has 0 atom stereocenters.